The fourth-order valence-electron chi connectivity index (χ4n) is 7.39. The number of rotatable bonds is 46. The van der Waals surface area contributed by atoms with Crippen LogP contribution in [0.25, 0.3) is 0 Å². The van der Waals surface area contributed by atoms with Crippen molar-refractivity contribution in [2.75, 3.05) is 6.61 Å². The molecule has 0 aliphatic heterocycles. The molecule has 0 aromatic heterocycles. The van der Waals surface area contributed by atoms with Gasteiger partial charge in [-0.1, -0.05) is 252 Å². The maximum Gasteiger partial charge on any atom is 0.220 e. The third-order valence-corrected chi connectivity index (χ3v) is 11.3. The Labute approximate surface area is 379 Å². The summed E-state index contributed by atoms with van der Waals surface area (Å²) < 4.78 is 0. The van der Waals surface area contributed by atoms with Crippen molar-refractivity contribution in [1.82, 2.24) is 5.32 Å². The summed E-state index contributed by atoms with van der Waals surface area (Å²) in [6.45, 7) is 4.19. The minimum Gasteiger partial charge on any atom is -0.394 e. The van der Waals surface area contributed by atoms with E-state index < -0.39 is 12.1 Å². The average molecular weight is 846 g/mol. The number of nitrogens with one attached hydrogen (secondary N) is 1. The monoisotopic (exact) mass is 846 g/mol. The van der Waals surface area contributed by atoms with Gasteiger partial charge in [-0.2, -0.15) is 0 Å². The first-order valence-corrected chi connectivity index (χ1v) is 26.0. The highest BCUT2D eigenvalue weighted by Gasteiger charge is 2.18. The average Bonchev–Trinajstić information content (AvgIpc) is 3.26. The lowest BCUT2D eigenvalue weighted by atomic mass is 10.0. The summed E-state index contributed by atoms with van der Waals surface area (Å²) in [4.78, 5) is 12.4. The molecule has 0 fully saturated rings. The van der Waals surface area contributed by atoms with Gasteiger partial charge in [0, 0.05) is 6.42 Å². The first-order chi connectivity index (χ1) is 30.2. The van der Waals surface area contributed by atoms with Crippen molar-refractivity contribution < 1.29 is 15.0 Å². The zero-order valence-corrected chi connectivity index (χ0v) is 40.2. The SMILES string of the molecule is CC/C=C\C/C=C\C/C=C\C/C=C\C/C=C\C/C=C\C/C=C\CCCCCCCCCCCCCCCC(=O)NC(CO)C(O)/C=C/CCCCCCCCCCCCCC. The van der Waals surface area contributed by atoms with Crippen molar-refractivity contribution in [3.63, 3.8) is 0 Å². The number of allylic oxidation sites excluding steroid dienone is 15. The molecule has 0 aromatic rings. The number of aliphatic hydroxyl groups excluding tert-OH is 2. The van der Waals surface area contributed by atoms with Gasteiger partial charge in [-0.15, -0.1) is 0 Å². The van der Waals surface area contributed by atoms with Crippen molar-refractivity contribution in [3.8, 4) is 0 Å². The lowest BCUT2D eigenvalue weighted by molar-refractivity contribution is -0.123. The van der Waals surface area contributed by atoms with Crippen LogP contribution >= 0.6 is 0 Å². The second-order valence-electron chi connectivity index (χ2n) is 17.2. The number of carbonyl (C=O) groups is 1. The first kappa shape index (κ1) is 58.3. The molecule has 1 amide bonds. The maximum atomic E-state index is 12.4. The normalized spacial score (nSPS) is 13.7. The molecule has 61 heavy (non-hydrogen) atoms. The Bertz CT molecular complexity index is 1140. The van der Waals surface area contributed by atoms with Gasteiger partial charge in [-0.05, 0) is 77.0 Å². The number of amides is 1. The molecule has 0 spiro atoms. The topological polar surface area (TPSA) is 69.6 Å². The van der Waals surface area contributed by atoms with Gasteiger partial charge in [-0.3, -0.25) is 4.79 Å². The van der Waals surface area contributed by atoms with E-state index in [1.54, 1.807) is 6.08 Å². The van der Waals surface area contributed by atoms with Crippen LogP contribution in [-0.4, -0.2) is 34.9 Å². The van der Waals surface area contributed by atoms with Crippen molar-refractivity contribution in [3.05, 3.63) is 97.2 Å². The van der Waals surface area contributed by atoms with Crippen LogP contribution in [0.5, 0.6) is 0 Å². The quantitative estimate of drug-likeness (QED) is 0.0422. The molecule has 0 aromatic carbocycles. The Morgan fingerprint density at radius 2 is 0.721 bits per heavy atom. The Kier molecular flexibility index (Phi) is 49.4. The Morgan fingerprint density at radius 1 is 0.410 bits per heavy atom. The second-order valence-corrected chi connectivity index (χ2v) is 17.2. The van der Waals surface area contributed by atoms with E-state index in [0.717, 1.165) is 70.6 Å². The van der Waals surface area contributed by atoms with E-state index in [2.05, 4.69) is 104 Å². The molecule has 3 N–H and O–H groups in total. The highest BCUT2D eigenvalue weighted by Crippen LogP contribution is 2.15. The van der Waals surface area contributed by atoms with Gasteiger partial charge in [0.05, 0.1) is 18.8 Å². The van der Waals surface area contributed by atoms with Gasteiger partial charge in [0.15, 0.2) is 0 Å². The van der Waals surface area contributed by atoms with E-state index in [0.29, 0.717) is 6.42 Å². The first-order valence-electron chi connectivity index (χ1n) is 26.0. The molecule has 4 heteroatoms. The number of hydrogen-bond donors (Lipinski definition) is 3. The molecular weight excluding hydrogens is 747 g/mol. The standard InChI is InChI=1S/C57H99NO3/c1-3-5-7-9-11-13-15-17-19-20-21-22-23-24-25-26-27-28-29-30-31-32-33-34-35-36-37-38-39-41-43-45-47-49-51-53-57(61)58-55(54-59)56(60)52-50-48-46-44-42-40-18-16-14-12-10-8-6-4-2/h5,7,11,13,17,19,21-22,24-25,27-28,30-31,50,52,55-56,59-60H,3-4,6,8-10,12,14-16,18,20,23,26,29,32-49,51,53-54H2,1-2H3,(H,58,61)/b7-5-,13-11-,19-17-,22-21-,25-24-,28-27-,31-30-,52-50+. The minimum absolute atomic E-state index is 0.0687. The lowest BCUT2D eigenvalue weighted by Gasteiger charge is -2.20. The van der Waals surface area contributed by atoms with Gasteiger partial charge in [0.2, 0.25) is 5.91 Å². The molecule has 0 heterocycles. The summed E-state index contributed by atoms with van der Waals surface area (Å²) >= 11 is 0. The summed E-state index contributed by atoms with van der Waals surface area (Å²) in [6, 6.07) is -0.627. The van der Waals surface area contributed by atoms with Crippen LogP contribution in [-0.2, 0) is 4.79 Å². The van der Waals surface area contributed by atoms with Crippen molar-refractivity contribution in [2.24, 2.45) is 0 Å². The molecule has 0 radical (unpaired) electrons. The molecule has 0 rings (SSSR count). The van der Waals surface area contributed by atoms with Crippen LogP contribution in [0.3, 0.4) is 0 Å². The summed E-state index contributed by atoms with van der Waals surface area (Å²) in [6.07, 6.45) is 76.9. The zero-order chi connectivity index (χ0) is 44.2. The van der Waals surface area contributed by atoms with E-state index in [-0.39, 0.29) is 12.5 Å². The van der Waals surface area contributed by atoms with Crippen LogP contribution < -0.4 is 5.32 Å². The van der Waals surface area contributed by atoms with Crippen LogP contribution in [0.15, 0.2) is 97.2 Å². The maximum absolute atomic E-state index is 12.4. The fourth-order valence-corrected chi connectivity index (χ4v) is 7.39. The second kappa shape index (κ2) is 51.7. The van der Waals surface area contributed by atoms with Crippen molar-refractivity contribution in [2.45, 2.75) is 251 Å². The highest BCUT2D eigenvalue weighted by atomic mass is 16.3. The van der Waals surface area contributed by atoms with Gasteiger partial charge in [-0.25, -0.2) is 0 Å². The zero-order valence-electron chi connectivity index (χ0n) is 40.2. The number of aliphatic hydroxyl groups is 2. The molecule has 0 aliphatic rings. The number of carbonyl (C=O) groups excluding carboxylic acids is 1. The van der Waals surface area contributed by atoms with Crippen LogP contribution in [0.4, 0.5) is 0 Å². The van der Waals surface area contributed by atoms with Crippen molar-refractivity contribution >= 4 is 5.91 Å². The summed E-state index contributed by atoms with van der Waals surface area (Å²) in [5.74, 6) is -0.0687. The Balaban J connectivity index is 3.55. The van der Waals surface area contributed by atoms with E-state index in [1.807, 2.05) is 6.08 Å². The van der Waals surface area contributed by atoms with Gasteiger partial charge in [0.25, 0.3) is 0 Å². The number of unbranched alkanes of at least 4 members (excludes halogenated alkanes) is 25. The van der Waals surface area contributed by atoms with E-state index >= 15 is 0 Å². The molecule has 2 atom stereocenters. The van der Waals surface area contributed by atoms with E-state index in [1.165, 1.54) is 148 Å². The summed E-state index contributed by atoms with van der Waals surface area (Å²) in [5, 5.41) is 23.1. The minimum atomic E-state index is -0.843. The lowest BCUT2D eigenvalue weighted by Crippen LogP contribution is -2.45. The number of hydrogen-bond acceptors (Lipinski definition) is 3. The highest BCUT2D eigenvalue weighted by molar-refractivity contribution is 5.76. The van der Waals surface area contributed by atoms with Crippen molar-refractivity contribution in [1.29, 1.82) is 0 Å². The molecule has 2 unspecified atom stereocenters. The molecular formula is C57H99NO3. The summed E-state index contributed by atoms with van der Waals surface area (Å²) in [7, 11) is 0. The van der Waals surface area contributed by atoms with Crippen LogP contribution in [0.1, 0.15) is 239 Å². The molecule has 0 saturated carbocycles. The predicted octanol–water partition coefficient (Wildman–Crippen LogP) is 17.0. The van der Waals surface area contributed by atoms with Crippen LogP contribution in [0, 0.1) is 0 Å². The molecule has 350 valence electrons. The smallest absolute Gasteiger partial charge is 0.220 e. The predicted molar refractivity (Wildman–Crippen MR) is 271 cm³/mol. The van der Waals surface area contributed by atoms with Gasteiger partial charge < -0.3 is 15.5 Å². The van der Waals surface area contributed by atoms with E-state index in [9.17, 15) is 15.0 Å². The summed E-state index contributed by atoms with van der Waals surface area (Å²) in [5.41, 5.74) is 0. The molecule has 0 aliphatic carbocycles. The third kappa shape index (κ3) is 48.2. The molecule has 0 bridgehead atoms. The largest absolute Gasteiger partial charge is 0.394 e. The third-order valence-electron chi connectivity index (χ3n) is 11.3. The van der Waals surface area contributed by atoms with E-state index in [4.69, 9.17) is 0 Å². The molecule has 0 saturated heterocycles. The van der Waals surface area contributed by atoms with Gasteiger partial charge >= 0.3 is 0 Å². The van der Waals surface area contributed by atoms with Gasteiger partial charge in [0.1, 0.15) is 0 Å². The Morgan fingerprint density at radius 3 is 1.08 bits per heavy atom. The Hall–Kier alpha value is -2.69. The fraction of sp³-hybridized carbons (Fsp3) is 0.702. The van der Waals surface area contributed by atoms with Crippen LogP contribution in [0.2, 0.25) is 0 Å². The molecule has 4 nitrogen and oxygen atoms in total.